The summed E-state index contributed by atoms with van der Waals surface area (Å²) < 4.78 is 11.4. The van der Waals surface area contributed by atoms with E-state index in [4.69, 9.17) is 9.47 Å². The van der Waals surface area contributed by atoms with Gasteiger partial charge in [-0.25, -0.2) is 5.43 Å². The molecule has 1 heterocycles. The lowest BCUT2D eigenvalue weighted by atomic mass is 10.2. The maximum absolute atomic E-state index is 11.8. The van der Waals surface area contributed by atoms with Gasteiger partial charge in [0.05, 0.1) is 6.21 Å². The summed E-state index contributed by atoms with van der Waals surface area (Å²) in [7, 11) is 0. The molecule has 1 N–H and O–H groups in total. The maximum Gasteiger partial charge on any atom is 0.271 e. The quantitative estimate of drug-likeness (QED) is 0.686. The van der Waals surface area contributed by atoms with Gasteiger partial charge in [0.1, 0.15) is 0 Å². The largest absolute Gasteiger partial charge is 0.454 e. The zero-order chi connectivity index (χ0) is 14.7. The molecule has 2 aromatic carbocycles. The van der Waals surface area contributed by atoms with Crippen molar-refractivity contribution in [2.75, 3.05) is 6.79 Å². The van der Waals surface area contributed by atoms with Gasteiger partial charge in [-0.15, -0.1) is 0 Å². The van der Waals surface area contributed by atoms with Crippen molar-refractivity contribution in [1.29, 1.82) is 0 Å². The average Bonchev–Trinajstić information content (AvgIpc) is 2.95. The molecule has 0 radical (unpaired) electrons. The molecule has 0 aliphatic carbocycles. The summed E-state index contributed by atoms with van der Waals surface area (Å²) >= 11 is 3.32. The summed E-state index contributed by atoms with van der Waals surface area (Å²) in [5.41, 5.74) is 3.84. The van der Waals surface area contributed by atoms with Crippen LogP contribution in [0.4, 0.5) is 0 Å². The predicted molar refractivity (Wildman–Crippen MR) is 81.8 cm³/mol. The molecule has 5 nitrogen and oxygen atoms in total. The van der Waals surface area contributed by atoms with E-state index in [1.165, 1.54) is 0 Å². The number of rotatable bonds is 3. The van der Waals surface area contributed by atoms with Crippen LogP contribution in [0, 0.1) is 0 Å². The molecule has 1 aliphatic heterocycles. The number of carbonyl (C=O) groups excluding carboxylic acids is 1. The van der Waals surface area contributed by atoms with Gasteiger partial charge in [-0.2, -0.15) is 5.10 Å². The van der Waals surface area contributed by atoms with Crippen LogP contribution < -0.4 is 14.9 Å². The van der Waals surface area contributed by atoms with E-state index < -0.39 is 0 Å². The monoisotopic (exact) mass is 346 g/mol. The third-order valence-corrected chi connectivity index (χ3v) is 3.41. The van der Waals surface area contributed by atoms with E-state index in [0.29, 0.717) is 17.1 Å². The maximum atomic E-state index is 11.8. The Morgan fingerprint density at radius 1 is 1.14 bits per heavy atom. The Hall–Kier alpha value is -2.34. The van der Waals surface area contributed by atoms with Crippen molar-refractivity contribution in [2.24, 2.45) is 5.10 Å². The molecule has 0 fully saturated rings. The van der Waals surface area contributed by atoms with E-state index in [0.717, 1.165) is 10.0 Å². The Morgan fingerprint density at radius 3 is 2.71 bits per heavy atom. The molecule has 0 bridgehead atoms. The lowest BCUT2D eigenvalue weighted by molar-refractivity contribution is 0.0955. The summed E-state index contributed by atoms with van der Waals surface area (Å²) in [6, 6.07) is 12.5. The highest BCUT2D eigenvalue weighted by atomic mass is 79.9. The summed E-state index contributed by atoms with van der Waals surface area (Å²) in [4.78, 5) is 11.8. The minimum absolute atomic E-state index is 0.232. The molecule has 1 amide bonds. The average molecular weight is 347 g/mol. The molecule has 1 aliphatic rings. The van der Waals surface area contributed by atoms with E-state index in [1.807, 2.05) is 6.07 Å². The third kappa shape index (κ3) is 3.22. The lowest BCUT2D eigenvalue weighted by Crippen LogP contribution is -2.17. The van der Waals surface area contributed by atoms with Gasteiger partial charge in [-0.05, 0) is 48.0 Å². The van der Waals surface area contributed by atoms with E-state index in [9.17, 15) is 4.79 Å². The SMILES string of the molecule is O=C(NN=Cc1ccc2c(c1)OCO2)c1ccc(Br)cc1. The van der Waals surface area contributed by atoms with Crippen LogP contribution in [-0.4, -0.2) is 18.9 Å². The second kappa shape index (κ2) is 5.97. The molecule has 21 heavy (non-hydrogen) atoms. The molecule has 0 aromatic heterocycles. The van der Waals surface area contributed by atoms with Crippen LogP contribution in [0.5, 0.6) is 11.5 Å². The van der Waals surface area contributed by atoms with Gasteiger partial charge >= 0.3 is 0 Å². The number of carbonyl (C=O) groups is 1. The molecule has 6 heteroatoms. The molecule has 0 spiro atoms. The second-order valence-corrected chi connectivity index (χ2v) is 5.23. The Bertz CT molecular complexity index is 699. The summed E-state index contributed by atoms with van der Waals surface area (Å²) in [5, 5.41) is 3.93. The lowest BCUT2D eigenvalue weighted by Gasteiger charge is -2.00. The van der Waals surface area contributed by atoms with E-state index >= 15 is 0 Å². The van der Waals surface area contributed by atoms with Gasteiger partial charge in [0.2, 0.25) is 6.79 Å². The Labute approximate surface area is 129 Å². The minimum Gasteiger partial charge on any atom is -0.454 e. The van der Waals surface area contributed by atoms with E-state index in [-0.39, 0.29) is 12.7 Å². The van der Waals surface area contributed by atoms with Gasteiger partial charge in [0.15, 0.2) is 11.5 Å². The van der Waals surface area contributed by atoms with Crippen molar-refractivity contribution in [1.82, 2.24) is 5.43 Å². The molecule has 0 saturated carbocycles. The number of benzene rings is 2. The fraction of sp³-hybridized carbons (Fsp3) is 0.0667. The second-order valence-electron chi connectivity index (χ2n) is 4.32. The Morgan fingerprint density at radius 2 is 1.90 bits per heavy atom. The summed E-state index contributed by atoms with van der Waals surface area (Å²) in [6.07, 6.45) is 1.55. The van der Waals surface area contributed by atoms with Crippen LogP contribution in [-0.2, 0) is 0 Å². The number of nitrogens with zero attached hydrogens (tertiary/aromatic N) is 1. The standard InChI is InChI=1S/C15H11BrN2O3/c16-12-4-2-11(3-5-12)15(19)18-17-8-10-1-6-13-14(7-10)21-9-20-13/h1-8H,9H2,(H,18,19). The zero-order valence-electron chi connectivity index (χ0n) is 10.9. The number of hydrazone groups is 1. The van der Waals surface area contributed by atoms with Gasteiger partial charge in [0, 0.05) is 10.0 Å². The van der Waals surface area contributed by atoms with Crippen molar-refractivity contribution < 1.29 is 14.3 Å². The molecular formula is C15H11BrN2O3. The number of halogens is 1. The Balaban J connectivity index is 1.64. The fourth-order valence-electron chi connectivity index (χ4n) is 1.82. The Kier molecular flexibility index (Phi) is 3.87. The first-order valence-electron chi connectivity index (χ1n) is 6.21. The van der Waals surface area contributed by atoms with Gasteiger partial charge in [-0.1, -0.05) is 15.9 Å². The smallest absolute Gasteiger partial charge is 0.271 e. The zero-order valence-corrected chi connectivity index (χ0v) is 12.5. The first kappa shape index (κ1) is 13.6. The van der Waals surface area contributed by atoms with Gasteiger partial charge < -0.3 is 9.47 Å². The summed E-state index contributed by atoms with van der Waals surface area (Å²) in [6.45, 7) is 0.232. The van der Waals surface area contributed by atoms with Crippen molar-refractivity contribution >= 4 is 28.1 Å². The molecule has 2 aromatic rings. The summed E-state index contributed by atoms with van der Waals surface area (Å²) in [5.74, 6) is 1.13. The molecule has 0 atom stereocenters. The fourth-order valence-corrected chi connectivity index (χ4v) is 2.09. The predicted octanol–water partition coefficient (Wildman–Crippen LogP) is 2.94. The molecule has 0 unspecified atom stereocenters. The van der Waals surface area contributed by atoms with Crippen LogP contribution in [0.15, 0.2) is 52.0 Å². The highest BCUT2D eigenvalue weighted by Gasteiger charge is 2.12. The van der Waals surface area contributed by atoms with Crippen molar-refractivity contribution in [3.8, 4) is 11.5 Å². The highest BCUT2D eigenvalue weighted by molar-refractivity contribution is 9.10. The minimum atomic E-state index is -0.264. The van der Waals surface area contributed by atoms with Gasteiger partial charge in [-0.3, -0.25) is 4.79 Å². The van der Waals surface area contributed by atoms with E-state index in [1.54, 1.807) is 42.6 Å². The number of hydrogen-bond acceptors (Lipinski definition) is 4. The topological polar surface area (TPSA) is 59.9 Å². The first-order chi connectivity index (χ1) is 10.2. The van der Waals surface area contributed by atoms with Crippen LogP contribution in [0.25, 0.3) is 0 Å². The number of ether oxygens (including phenoxy) is 2. The number of fused-ring (bicyclic) bond motifs is 1. The first-order valence-corrected chi connectivity index (χ1v) is 7.00. The normalized spacial score (nSPS) is 12.6. The van der Waals surface area contributed by atoms with Crippen LogP contribution in [0.3, 0.4) is 0 Å². The van der Waals surface area contributed by atoms with Crippen molar-refractivity contribution in [3.63, 3.8) is 0 Å². The highest BCUT2D eigenvalue weighted by Crippen LogP contribution is 2.31. The number of amides is 1. The third-order valence-electron chi connectivity index (χ3n) is 2.88. The number of nitrogens with one attached hydrogen (secondary N) is 1. The molecular weight excluding hydrogens is 336 g/mol. The molecule has 106 valence electrons. The van der Waals surface area contributed by atoms with Gasteiger partial charge in [0.25, 0.3) is 5.91 Å². The number of hydrogen-bond donors (Lipinski definition) is 1. The van der Waals surface area contributed by atoms with Crippen LogP contribution >= 0.6 is 15.9 Å². The van der Waals surface area contributed by atoms with Crippen LogP contribution in [0.1, 0.15) is 15.9 Å². The van der Waals surface area contributed by atoms with Crippen molar-refractivity contribution in [3.05, 3.63) is 58.1 Å². The van der Waals surface area contributed by atoms with E-state index in [2.05, 4.69) is 26.5 Å². The van der Waals surface area contributed by atoms with Crippen molar-refractivity contribution in [2.45, 2.75) is 0 Å². The molecule has 0 saturated heterocycles. The van der Waals surface area contributed by atoms with Crippen LogP contribution in [0.2, 0.25) is 0 Å². The molecule has 3 rings (SSSR count).